The molecular formula is C17H13FN4O. The normalized spacial score (nSPS) is 19.5. The van der Waals surface area contributed by atoms with Crippen molar-refractivity contribution in [1.82, 2.24) is 19.7 Å². The van der Waals surface area contributed by atoms with Crippen LogP contribution in [0, 0.1) is 0 Å². The molecule has 2 atom stereocenters. The number of hydrogen-bond acceptors (Lipinski definition) is 4. The van der Waals surface area contributed by atoms with Crippen molar-refractivity contribution in [2.24, 2.45) is 0 Å². The molecule has 5 nitrogen and oxygen atoms in total. The molecule has 114 valence electrons. The Kier molecular flexibility index (Phi) is 3.22. The first kappa shape index (κ1) is 13.8. The standard InChI is InChI=1S/C17H13FN4O/c18-12-10-14(11-6-2-1-3-7-11)22-17(12)20-16(21-22)15(23)13-8-4-5-9-19-13/h1-9,12,14H,10H2. The Morgan fingerprint density at radius 3 is 2.65 bits per heavy atom. The van der Waals surface area contributed by atoms with E-state index in [-0.39, 0.29) is 29.8 Å². The van der Waals surface area contributed by atoms with Crippen molar-refractivity contribution >= 4 is 5.78 Å². The minimum atomic E-state index is -1.22. The second kappa shape index (κ2) is 5.39. The summed E-state index contributed by atoms with van der Waals surface area (Å²) in [4.78, 5) is 20.5. The van der Waals surface area contributed by atoms with Crippen molar-refractivity contribution in [2.45, 2.75) is 18.6 Å². The van der Waals surface area contributed by atoms with E-state index in [0.717, 1.165) is 5.56 Å². The predicted octanol–water partition coefficient (Wildman–Crippen LogP) is 2.91. The van der Waals surface area contributed by atoms with E-state index in [1.807, 2.05) is 30.3 Å². The number of ketones is 1. The summed E-state index contributed by atoms with van der Waals surface area (Å²) in [5, 5.41) is 4.25. The van der Waals surface area contributed by atoms with Gasteiger partial charge in [-0.3, -0.25) is 9.78 Å². The van der Waals surface area contributed by atoms with E-state index >= 15 is 0 Å². The molecule has 3 heterocycles. The average molecular weight is 308 g/mol. The largest absolute Gasteiger partial charge is 0.283 e. The van der Waals surface area contributed by atoms with Crippen molar-refractivity contribution in [1.29, 1.82) is 0 Å². The van der Waals surface area contributed by atoms with Crippen LogP contribution in [0.15, 0.2) is 54.7 Å². The SMILES string of the molecule is O=C(c1ccccn1)c1nc2n(n1)C(c1ccccc1)CC2F. The van der Waals surface area contributed by atoms with Gasteiger partial charge in [-0.15, -0.1) is 5.10 Å². The molecule has 0 saturated carbocycles. The Bertz CT molecular complexity index is 848. The average Bonchev–Trinajstić information content (AvgIpc) is 3.17. The summed E-state index contributed by atoms with van der Waals surface area (Å²) in [7, 11) is 0. The highest BCUT2D eigenvalue weighted by atomic mass is 19.1. The summed E-state index contributed by atoms with van der Waals surface area (Å²) in [6, 6.07) is 14.4. The van der Waals surface area contributed by atoms with Gasteiger partial charge in [-0.25, -0.2) is 14.1 Å². The topological polar surface area (TPSA) is 60.7 Å². The molecular weight excluding hydrogens is 295 g/mol. The van der Waals surface area contributed by atoms with Crippen LogP contribution in [0.1, 0.15) is 46.3 Å². The maximum absolute atomic E-state index is 14.3. The van der Waals surface area contributed by atoms with Crippen LogP contribution in [-0.2, 0) is 0 Å². The maximum Gasteiger partial charge on any atom is 0.250 e. The third kappa shape index (κ3) is 2.32. The molecule has 0 bridgehead atoms. The molecule has 0 fully saturated rings. The first-order valence-electron chi connectivity index (χ1n) is 7.35. The Labute approximate surface area is 131 Å². The van der Waals surface area contributed by atoms with E-state index < -0.39 is 12.0 Å². The van der Waals surface area contributed by atoms with Gasteiger partial charge in [-0.05, 0) is 17.7 Å². The number of rotatable bonds is 3. The molecule has 0 saturated heterocycles. The zero-order valence-corrected chi connectivity index (χ0v) is 12.1. The molecule has 3 aromatic rings. The zero-order chi connectivity index (χ0) is 15.8. The van der Waals surface area contributed by atoms with Crippen LogP contribution in [0.25, 0.3) is 0 Å². The molecule has 1 aromatic carbocycles. The van der Waals surface area contributed by atoms with Gasteiger partial charge in [-0.2, -0.15) is 0 Å². The van der Waals surface area contributed by atoms with E-state index in [0.29, 0.717) is 0 Å². The summed E-state index contributed by atoms with van der Waals surface area (Å²) in [6.45, 7) is 0. The van der Waals surface area contributed by atoms with Gasteiger partial charge in [-0.1, -0.05) is 36.4 Å². The fourth-order valence-corrected chi connectivity index (χ4v) is 2.84. The van der Waals surface area contributed by atoms with Crippen molar-refractivity contribution in [3.63, 3.8) is 0 Å². The van der Waals surface area contributed by atoms with Gasteiger partial charge in [0.05, 0.1) is 6.04 Å². The summed E-state index contributed by atoms with van der Waals surface area (Å²) in [6.07, 6.45) is 0.595. The number of pyridine rings is 1. The summed E-state index contributed by atoms with van der Waals surface area (Å²) in [5.74, 6) is -0.202. The molecule has 0 N–H and O–H groups in total. The lowest BCUT2D eigenvalue weighted by Crippen LogP contribution is -2.11. The molecule has 1 aliphatic heterocycles. The van der Waals surface area contributed by atoms with Crippen molar-refractivity contribution in [3.8, 4) is 0 Å². The second-order valence-electron chi connectivity index (χ2n) is 5.41. The predicted molar refractivity (Wildman–Crippen MR) is 80.7 cm³/mol. The summed E-state index contributed by atoms with van der Waals surface area (Å²) >= 11 is 0. The van der Waals surface area contributed by atoms with Gasteiger partial charge >= 0.3 is 0 Å². The second-order valence-corrected chi connectivity index (χ2v) is 5.41. The van der Waals surface area contributed by atoms with Gasteiger partial charge in [0, 0.05) is 12.6 Å². The van der Waals surface area contributed by atoms with Crippen LogP contribution in [-0.4, -0.2) is 25.5 Å². The van der Waals surface area contributed by atoms with Gasteiger partial charge in [0.15, 0.2) is 12.0 Å². The van der Waals surface area contributed by atoms with Crippen LogP contribution in [0.4, 0.5) is 4.39 Å². The molecule has 0 amide bonds. The van der Waals surface area contributed by atoms with Gasteiger partial charge in [0.2, 0.25) is 11.6 Å². The Morgan fingerprint density at radius 2 is 1.91 bits per heavy atom. The van der Waals surface area contributed by atoms with Gasteiger partial charge in [0.1, 0.15) is 5.69 Å². The smallest absolute Gasteiger partial charge is 0.250 e. The summed E-state index contributed by atoms with van der Waals surface area (Å²) in [5.41, 5.74) is 1.21. The molecule has 0 spiro atoms. The number of nitrogens with zero attached hydrogens (tertiary/aromatic N) is 4. The lowest BCUT2D eigenvalue weighted by molar-refractivity contribution is 0.102. The Hall–Kier alpha value is -2.89. The molecule has 23 heavy (non-hydrogen) atoms. The number of carbonyl (C=O) groups is 1. The fourth-order valence-electron chi connectivity index (χ4n) is 2.84. The highest BCUT2D eigenvalue weighted by Gasteiger charge is 2.36. The number of hydrogen-bond donors (Lipinski definition) is 0. The van der Waals surface area contributed by atoms with Crippen LogP contribution in [0.5, 0.6) is 0 Å². The molecule has 1 aliphatic rings. The highest BCUT2D eigenvalue weighted by Crippen LogP contribution is 2.39. The van der Waals surface area contributed by atoms with Crippen LogP contribution in [0.2, 0.25) is 0 Å². The molecule has 2 unspecified atom stereocenters. The minimum Gasteiger partial charge on any atom is -0.283 e. The first-order chi connectivity index (χ1) is 11.2. The molecule has 2 aromatic heterocycles. The van der Waals surface area contributed by atoms with Crippen molar-refractivity contribution in [3.05, 3.63) is 77.6 Å². The lowest BCUT2D eigenvalue weighted by atomic mass is 10.0. The van der Waals surface area contributed by atoms with E-state index in [9.17, 15) is 9.18 Å². The highest BCUT2D eigenvalue weighted by molar-refractivity contribution is 6.04. The van der Waals surface area contributed by atoms with Crippen molar-refractivity contribution in [2.75, 3.05) is 0 Å². The number of fused-ring (bicyclic) bond motifs is 1. The molecule has 0 radical (unpaired) electrons. The maximum atomic E-state index is 14.3. The summed E-state index contributed by atoms with van der Waals surface area (Å²) < 4.78 is 15.8. The van der Waals surface area contributed by atoms with Crippen LogP contribution < -0.4 is 0 Å². The quantitative estimate of drug-likeness (QED) is 0.698. The number of alkyl halides is 1. The van der Waals surface area contributed by atoms with E-state index in [4.69, 9.17) is 0 Å². The number of benzene rings is 1. The number of aromatic nitrogens is 4. The van der Waals surface area contributed by atoms with Gasteiger partial charge < -0.3 is 0 Å². The first-order valence-corrected chi connectivity index (χ1v) is 7.35. The fraction of sp³-hybridized carbons (Fsp3) is 0.176. The number of carbonyl (C=O) groups excluding carboxylic acids is 1. The minimum absolute atomic E-state index is 0.0121. The zero-order valence-electron chi connectivity index (χ0n) is 12.1. The van der Waals surface area contributed by atoms with E-state index in [2.05, 4.69) is 15.1 Å². The van der Waals surface area contributed by atoms with Crippen LogP contribution >= 0.6 is 0 Å². The lowest BCUT2D eigenvalue weighted by Gasteiger charge is -2.11. The van der Waals surface area contributed by atoms with Crippen molar-refractivity contribution < 1.29 is 9.18 Å². The monoisotopic (exact) mass is 308 g/mol. The third-order valence-electron chi connectivity index (χ3n) is 3.95. The molecule has 0 aliphatic carbocycles. The van der Waals surface area contributed by atoms with E-state index in [1.165, 1.54) is 10.9 Å². The molecule has 6 heteroatoms. The number of halogens is 1. The Morgan fingerprint density at radius 1 is 1.13 bits per heavy atom. The molecule has 4 rings (SSSR count). The van der Waals surface area contributed by atoms with Gasteiger partial charge in [0.25, 0.3) is 0 Å². The Balaban J connectivity index is 1.72. The van der Waals surface area contributed by atoms with E-state index in [1.54, 1.807) is 18.2 Å². The third-order valence-corrected chi connectivity index (χ3v) is 3.95. The van der Waals surface area contributed by atoms with Crippen LogP contribution in [0.3, 0.4) is 0 Å².